The quantitative estimate of drug-likeness (QED) is 0.570. The van der Waals surface area contributed by atoms with Crippen molar-refractivity contribution < 1.29 is 4.74 Å². The summed E-state index contributed by atoms with van der Waals surface area (Å²) in [5.41, 5.74) is -0.172. The second kappa shape index (κ2) is 7.70. The molecule has 0 amide bonds. The van der Waals surface area contributed by atoms with Gasteiger partial charge in [-0.3, -0.25) is 0 Å². The maximum atomic E-state index is 8.83. The summed E-state index contributed by atoms with van der Waals surface area (Å²) in [6.45, 7) is 9.13. The zero-order chi connectivity index (χ0) is 11.7. The summed E-state index contributed by atoms with van der Waals surface area (Å²) < 4.78 is 5.65. The van der Waals surface area contributed by atoms with E-state index in [0.29, 0.717) is 6.10 Å². The Labute approximate surface area is 94.6 Å². The number of nitriles is 1. The number of hydrogen-bond donors (Lipinski definition) is 0. The van der Waals surface area contributed by atoms with Crippen LogP contribution in [0.4, 0.5) is 0 Å². The van der Waals surface area contributed by atoms with Crippen LogP contribution in [0.2, 0.25) is 0 Å². The molecule has 0 saturated carbocycles. The van der Waals surface area contributed by atoms with E-state index in [2.05, 4.69) is 19.9 Å². The van der Waals surface area contributed by atoms with Crippen molar-refractivity contribution >= 4 is 0 Å². The minimum Gasteiger partial charge on any atom is -0.379 e. The monoisotopic (exact) mass is 211 g/mol. The SMILES string of the molecule is CCCC(C)OCCCCC(C)(C)C#N. The Bertz CT molecular complexity index is 193. The predicted octanol–water partition coefficient (Wildman–Crippen LogP) is 3.91. The van der Waals surface area contributed by atoms with Gasteiger partial charge in [0.25, 0.3) is 0 Å². The summed E-state index contributed by atoms with van der Waals surface area (Å²) in [4.78, 5) is 0. The highest BCUT2D eigenvalue weighted by Crippen LogP contribution is 2.21. The normalized spacial score (nSPS) is 13.5. The van der Waals surface area contributed by atoms with E-state index in [1.54, 1.807) is 0 Å². The lowest BCUT2D eigenvalue weighted by Gasteiger charge is -2.15. The third-order valence-corrected chi connectivity index (χ3v) is 2.60. The molecule has 0 aliphatic rings. The number of nitrogens with zero attached hydrogens (tertiary/aromatic N) is 1. The fraction of sp³-hybridized carbons (Fsp3) is 0.923. The fourth-order valence-corrected chi connectivity index (χ4v) is 1.50. The van der Waals surface area contributed by atoms with Gasteiger partial charge in [0.1, 0.15) is 0 Å². The Kier molecular flexibility index (Phi) is 7.42. The maximum Gasteiger partial charge on any atom is 0.0683 e. The molecule has 0 heterocycles. The molecule has 0 aliphatic carbocycles. The lowest BCUT2D eigenvalue weighted by Crippen LogP contribution is -2.10. The smallest absolute Gasteiger partial charge is 0.0683 e. The average molecular weight is 211 g/mol. The molecule has 0 aromatic rings. The lowest BCUT2D eigenvalue weighted by atomic mass is 9.89. The van der Waals surface area contributed by atoms with Gasteiger partial charge in [0, 0.05) is 6.61 Å². The summed E-state index contributed by atoms with van der Waals surface area (Å²) in [5.74, 6) is 0. The van der Waals surface area contributed by atoms with Crippen molar-refractivity contribution in [3.8, 4) is 6.07 Å². The topological polar surface area (TPSA) is 33.0 Å². The van der Waals surface area contributed by atoms with Crippen molar-refractivity contribution in [1.82, 2.24) is 0 Å². The average Bonchev–Trinajstić information content (AvgIpc) is 2.17. The molecule has 2 nitrogen and oxygen atoms in total. The highest BCUT2D eigenvalue weighted by molar-refractivity contribution is 4.91. The summed E-state index contributed by atoms with van der Waals surface area (Å²) >= 11 is 0. The molecule has 1 atom stereocenters. The first-order chi connectivity index (χ1) is 7.02. The van der Waals surface area contributed by atoms with Gasteiger partial charge >= 0.3 is 0 Å². The molecular formula is C13H25NO. The highest BCUT2D eigenvalue weighted by atomic mass is 16.5. The summed E-state index contributed by atoms with van der Waals surface area (Å²) in [6.07, 6.45) is 5.83. The van der Waals surface area contributed by atoms with Crippen molar-refractivity contribution in [2.45, 2.75) is 65.9 Å². The lowest BCUT2D eigenvalue weighted by molar-refractivity contribution is 0.0563. The molecule has 0 bridgehead atoms. The molecule has 0 aliphatic heterocycles. The van der Waals surface area contributed by atoms with Gasteiger partial charge in [0.2, 0.25) is 0 Å². The van der Waals surface area contributed by atoms with Crippen molar-refractivity contribution in [2.24, 2.45) is 5.41 Å². The standard InChI is InChI=1S/C13H25NO/c1-5-8-12(2)15-10-7-6-9-13(3,4)11-14/h12H,5-10H2,1-4H3. The molecule has 0 spiro atoms. The van der Waals surface area contributed by atoms with Crippen LogP contribution in [0.1, 0.15) is 59.8 Å². The van der Waals surface area contributed by atoms with Gasteiger partial charge in [0.15, 0.2) is 0 Å². The first-order valence-electron chi connectivity index (χ1n) is 6.04. The second-order valence-corrected chi connectivity index (χ2v) is 4.92. The van der Waals surface area contributed by atoms with Crippen LogP contribution in [0, 0.1) is 16.7 Å². The molecule has 2 heteroatoms. The van der Waals surface area contributed by atoms with Gasteiger partial charge in [-0.1, -0.05) is 13.3 Å². The van der Waals surface area contributed by atoms with Crippen molar-refractivity contribution in [3.63, 3.8) is 0 Å². The minimum atomic E-state index is -0.172. The maximum absolute atomic E-state index is 8.83. The van der Waals surface area contributed by atoms with Crippen LogP contribution >= 0.6 is 0 Å². The molecule has 0 N–H and O–H groups in total. The van der Waals surface area contributed by atoms with Crippen molar-refractivity contribution in [1.29, 1.82) is 5.26 Å². The Morgan fingerprint density at radius 3 is 2.53 bits per heavy atom. The summed E-state index contributed by atoms with van der Waals surface area (Å²) in [6, 6.07) is 2.32. The molecule has 0 saturated heterocycles. The first kappa shape index (κ1) is 14.5. The van der Waals surface area contributed by atoms with Crippen LogP contribution in [-0.4, -0.2) is 12.7 Å². The molecule has 0 aromatic carbocycles. The van der Waals surface area contributed by atoms with E-state index < -0.39 is 0 Å². The van der Waals surface area contributed by atoms with Crippen LogP contribution < -0.4 is 0 Å². The Balaban J connectivity index is 3.37. The number of hydrogen-bond acceptors (Lipinski definition) is 2. The molecule has 0 aromatic heterocycles. The Hall–Kier alpha value is -0.550. The zero-order valence-electron chi connectivity index (χ0n) is 10.7. The van der Waals surface area contributed by atoms with E-state index >= 15 is 0 Å². The van der Waals surface area contributed by atoms with Gasteiger partial charge in [-0.25, -0.2) is 0 Å². The summed E-state index contributed by atoms with van der Waals surface area (Å²) in [5, 5.41) is 8.83. The molecule has 88 valence electrons. The zero-order valence-corrected chi connectivity index (χ0v) is 10.7. The van der Waals surface area contributed by atoms with Crippen LogP contribution in [0.25, 0.3) is 0 Å². The number of rotatable bonds is 8. The van der Waals surface area contributed by atoms with Gasteiger partial charge in [0.05, 0.1) is 17.6 Å². The molecule has 0 fully saturated rings. The van der Waals surface area contributed by atoms with Crippen LogP contribution in [0.3, 0.4) is 0 Å². The number of ether oxygens (including phenoxy) is 1. The Morgan fingerprint density at radius 1 is 1.33 bits per heavy atom. The molecule has 0 radical (unpaired) electrons. The molecule has 15 heavy (non-hydrogen) atoms. The van der Waals surface area contributed by atoms with Crippen LogP contribution in [0.5, 0.6) is 0 Å². The molecule has 1 unspecified atom stereocenters. The Morgan fingerprint density at radius 2 is 2.00 bits per heavy atom. The van der Waals surface area contributed by atoms with Crippen LogP contribution in [-0.2, 0) is 4.74 Å². The summed E-state index contributed by atoms with van der Waals surface area (Å²) in [7, 11) is 0. The van der Waals surface area contributed by atoms with Crippen molar-refractivity contribution in [2.75, 3.05) is 6.61 Å². The van der Waals surface area contributed by atoms with Gasteiger partial charge in [-0.05, 0) is 46.5 Å². The first-order valence-corrected chi connectivity index (χ1v) is 6.04. The van der Waals surface area contributed by atoms with E-state index in [9.17, 15) is 0 Å². The molecule has 0 rings (SSSR count). The number of unbranched alkanes of at least 4 members (excludes halogenated alkanes) is 1. The minimum absolute atomic E-state index is 0.172. The van der Waals surface area contributed by atoms with E-state index in [-0.39, 0.29) is 5.41 Å². The van der Waals surface area contributed by atoms with E-state index in [4.69, 9.17) is 10.00 Å². The fourth-order valence-electron chi connectivity index (χ4n) is 1.50. The van der Waals surface area contributed by atoms with Gasteiger partial charge in [-0.15, -0.1) is 0 Å². The van der Waals surface area contributed by atoms with Gasteiger partial charge < -0.3 is 4.74 Å². The highest BCUT2D eigenvalue weighted by Gasteiger charge is 2.15. The predicted molar refractivity (Wildman–Crippen MR) is 63.6 cm³/mol. The van der Waals surface area contributed by atoms with E-state index in [1.165, 1.54) is 6.42 Å². The van der Waals surface area contributed by atoms with Gasteiger partial charge in [-0.2, -0.15) is 5.26 Å². The molecular weight excluding hydrogens is 186 g/mol. The third-order valence-electron chi connectivity index (χ3n) is 2.60. The van der Waals surface area contributed by atoms with Crippen molar-refractivity contribution in [3.05, 3.63) is 0 Å². The third kappa shape index (κ3) is 8.44. The van der Waals surface area contributed by atoms with Crippen LogP contribution in [0.15, 0.2) is 0 Å². The second-order valence-electron chi connectivity index (χ2n) is 4.92. The van der Waals surface area contributed by atoms with E-state index in [0.717, 1.165) is 32.3 Å². The van der Waals surface area contributed by atoms with E-state index in [1.807, 2.05) is 13.8 Å². The largest absolute Gasteiger partial charge is 0.379 e.